The molecule has 1 atom stereocenters. The number of benzene rings is 1. The Morgan fingerprint density at radius 2 is 1.83 bits per heavy atom. The Morgan fingerprint density at radius 1 is 1.11 bits per heavy atom. The van der Waals surface area contributed by atoms with Crippen molar-refractivity contribution in [1.82, 2.24) is 0 Å². The van der Waals surface area contributed by atoms with Gasteiger partial charge in [-0.3, -0.25) is 4.79 Å². The third-order valence-corrected chi connectivity index (χ3v) is 3.36. The summed E-state index contributed by atoms with van der Waals surface area (Å²) in [6.45, 7) is 0. The summed E-state index contributed by atoms with van der Waals surface area (Å²) in [5, 5.41) is 0. The molecule has 3 heteroatoms. The summed E-state index contributed by atoms with van der Waals surface area (Å²) in [5.74, 6) is 2.13. The maximum Gasteiger partial charge on any atom is 0.159 e. The maximum absolute atomic E-state index is 11.6. The van der Waals surface area contributed by atoms with Crippen LogP contribution in [-0.4, -0.2) is 20.0 Å². The van der Waals surface area contributed by atoms with Crippen LogP contribution in [0.25, 0.3) is 0 Å². The van der Waals surface area contributed by atoms with Crippen LogP contribution in [0.2, 0.25) is 0 Å². The highest BCUT2D eigenvalue weighted by Crippen LogP contribution is 2.32. The molecule has 1 aliphatic rings. The van der Waals surface area contributed by atoms with E-state index in [0.29, 0.717) is 12.3 Å². The lowest BCUT2D eigenvalue weighted by atomic mass is 9.91. The Hall–Kier alpha value is -1.77. The molecule has 0 aromatic heterocycles. The fourth-order valence-electron chi connectivity index (χ4n) is 2.27. The van der Waals surface area contributed by atoms with Crippen LogP contribution in [0, 0.1) is 0 Å². The van der Waals surface area contributed by atoms with E-state index in [1.54, 1.807) is 20.3 Å². The van der Waals surface area contributed by atoms with Crippen LogP contribution in [0.5, 0.6) is 5.75 Å². The molecular formula is C15H18O3. The van der Waals surface area contributed by atoms with Gasteiger partial charge in [0.25, 0.3) is 0 Å². The molecule has 0 aliphatic heterocycles. The highest BCUT2D eigenvalue weighted by atomic mass is 16.5. The molecule has 0 spiro atoms. The van der Waals surface area contributed by atoms with E-state index >= 15 is 0 Å². The van der Waals surface area contributed by atoms with Crippen molar-refractivity contribution in [3.63, 3.8) is 0 Å². The van der Waals surface area contributed by atoms with Gasteiger partial charge in [-0.25, -0.2) is 0 Å². The number of ketones is 1. The van der Waals surface area contributed by atoms with Crippen molar-refractivity contribution < 1.29 is 14.3 Å². The van der Waals surface area contributed by atoms with Crippen molar-refractivity contribution in [3.8, 4) is 5.75 Å². The van der Waals surface area contributed by atoms with Gasteiger partial charge in [0.05, 0.1) is 20.0 Å². The van der Waals surface area contributed by atoms with Gasteiger partial charge in [-0.2, -0.15) is 0 Å². The third-order valence-electron chi connectivity index (χ3n) is 3.36. The van der Waals surface area contributed by atoms with E-state index in [4.69, 9.17) is 9.47 Å². The number of rotatable bonds is 3. The Bertz CT molecular complexity index is 445. The lowest BCUT2D eigenvalue weighted by Gasteiger charge is -2.16. The monoisotopic (exact) mass is 246 g/mol. The number of hydrogen-bond acceptors (Lipinski definition) is 3. The van der Waals surface area contributed by atoms with Gasteiger partial charge >= 0.3 is 0 Å². The van der Waals surface area contributed by atoms with Crippen LogP contribution in [0.1, 0.15) is 30.7 Å². The summed E-state index contributed by atoms with van der Waals surface area (Å²) in [5.41, 5.74) is 1.23. The van der Waals surface area contributed by atoms with E-state index in [2.05, 4.69) is 12.1 Å². The Labute approximate surface area is 107 Å². The quantitative estimate of drug-likeness (QED) is 0.822. The van der Waals surface area contributed by atoms with E-state index in [0.717, 1.165) is 24.4 Å². The predicted octanol–water partition coefficient (Wildman–Crippen LogP) is 3.06. The fourth-order valence-corrected chi connectivity index (χ4v) is 2.27. The van der Waals surface area contributed by atoms with Crippen LogP contribution in [0.4, 0.5) is 0 Å². The molecule has 0 saturated carbocycles. The zero-order chi connectivity index (χ0) is 13.0. The van der Waals surface area contributed by atoms with Crippen molar-refractivity contribution in [1.29, 1.82) is 0 Å². The molecule has 0 radical (unpaired) electrons. The molecule has 1 unspecified atom stereocenters. The van der Waals surface area contributed by atoms with Crippen LogP contribution in [0.15, 0.2) is 36.1 Å². The number of ether oxygens (including phenoxy) is 2. The van der Waals surface area contributed by atoms with Gasteiger partial charge in [0.15, 0.2) is 5.78 Å². The molecule has 2 rings (SSSR count). The maximum atomic E-state index is 11.6. The molecule has 0 saturated heterocycles. The van der Waals surface area contributed by atoms with Crippen molar-refractivity contribution in [2.45, 2.75) is 25.2 Å². The lowest BCUT2D eigenvalue weighted by molar-refractivity contribution is -0.114. The van der Waals surface area contributed by atoms with E-state index in [1.165, 1.54) is 5.56 Å². The molecule has 96 valence electrons. The number of allylic oxidation sites excluding steroid dienone is 2. The topological polar surface area (TPSA) is 35.5 Å². The summed E-state index contributed by atoms with van der Waals surface area (Å²) >= 11 is 0. The average Bonchev–Trinajstić information content (AvgIpc) is 2.60. The molecule has 1 aromatic rings. The van der Waals surface area contributed by atoms with E-state index in [1.807, 2.05) is 12.1 Å². The number of methoxy groups -OCH3 is 2. The van der Waals surface area contributed by atoms with E-state index < -0.39 is 0 Å². The SMILES string of the molecule is COC1=CC(=O)CCC(c2ccc(OC)cc2)C1. The summed E-state index contributed by atoms with van der Waals surface area (Å²) in [6.07, 6.45) is 3.87. The molecule has 1 aromatic carbocycles. The average molecular weight is 246 g/mol. The highest BCUT2D eigenvalue weighted by molar-refractivity contribution is 5.90. The largest absolute Gasteiger partial charge is 0.501 e. The van der Waals surface area contributed by atoms with Gasteiger partial charge in [-0.15, -0.1) is 0 Å². The molecule has 0 heterocycles. The second kappa shape index (κ2) is 5.71. The molecule has 0 fully saturated rings. The molecule has 0 N–H and O–H groups in total. The Kier molecular flexibility index (Phi) is 4.03. The van der Waals surface area contributed by atoms with Gasteiger partial charge in [-0.1, -0.05) is 12.1 Å². The van der Waals surface area contributed by atoms with Gasteiger partial charge < -0.3 is 9.47 Å². The van der Waals surface area contributed by atoms with Crippen molar-refractivity contribution in [2.75, 3.05) is 14.2 Å². The fraction of sp³-hybridized carbons (Fsp3) is 0.400. The minimum atomic E-state index is 0.155. The number of carbonyl (C=O) groups excluding carboxylic acids is 1. The first-order chi connectivity index (χ1) is 8.72. The molecule has 0 amide bonds. The molecule has 3 nitrogen and oxygen atoms in total. The molecule has 0 bridgehead atoms. The summed E-state index contributed by atoms with van der Waals surface area (Å²) < 4.78 is 10.4. The summed E-state index contributed by atoms with van der Waals surface area (Å²) in [4.78, 5) is 11.6. The predicted molar refractivity (Wildman–Crippen MR) is 69.7 cm³/mol. The van der Waals surface area contributed by atoms with E-state index in [9.17, 15) is 4.79 Å². The lowest BCUT2D eigenvalue weighted by Crippen LogP contribution is -2.00. The first-order valence-corrected chi connectivity index (χ1v) is 6.14. The Balaban J connectivity index is 2.17. The summed E-state index contributed by atoms with van der Waals surface area (Å²) in [7, 11) is 3.28. The van der Waals surface area contributed by atoms with Crippen molar-refractivity contribution in [3.05, 3.63) is 41.7 Å². The van der Waals surface area contributed by atoms with Crippen molar-refractivity contribution in [2.24, 2.45) is 0 Å². The number of hydrogen-bond donors (Lipinski definition) is 0. The normalized spacial score (nSPS) is 20.0. The van der Waals surface area contributed by atoms with Gasteiger partial charge in [0.2, 0.25) is 0 Å². The zero-order valence-corrected chi connectivity index (χ0v) is 10.8. The second-order valence-corrected chi connectivity index (χ2v) is 4.49. The minimum Gasteiger partial charge on any atom is -0.501 e. The first-order valence-electron chi connectivity index (χ1n) is 6.14. The first kappa shape index (κ1) is 12.7. The van der Waals surface area contributed by atoms with Crippen molar-refractivity contribution >= 4 is 5.78 Å². The Morgan fingerprint density at radius 3 is 2.44 bits per heavy atom. The molecular weight excluding hydrogens is 228 g/mol. The smallest absolute Gasteiger partial charge is 0.159 e. The van der Waals surface area contributed by atoms with Crippen LogP contribution < -0.4 is 4.74 Å². The van der Waals surface area contributed by atoms with Gasteiger partial charge in [0.1, 0.15) is 5.75 Å². The highest BCUT2D eigenvalue weighted by Gasteiger charge is 2.19. The third kappa shape index (κ3) is 2.92. The second-order valence-electron chi connectivity index (χ2n) is 4.49. The molecule has 1 aliphatic carbocycles. The van der Waals surface area contributed by atoms with Crippen LogP contribution in [0.3, 0.4) is 0 Å². The zero-order valence-electron chi connectivity index (χ0n) is 10.8. The minimum absolute atomic E-state index is 0.155. The van der Waals surface area contributed by atoms with Gasteiger partial charge in [0, 0.05) is 18.9 Å². The standard InChI is InChI=1S/C15H18O3/c1-17-14-7-4-11(5-8-14)12-3-6-13(16)10-15(9-12)18-2/h4-5,7-8,10,12H,3,6,9H2,1-2H3. The van der Waals surface area contributed by atoms with Crippen LogP contribution in [-0.2, 0) is 9.53 Å². The van der Waals surface area contributed by atoms with Gasteiger partial charge in [-0.05, 0) is 30.0 Å². The summed E-state index contributed by atoms with van der Waals surface area (Å²) in [6, 6.07) is 8.04. The molecule has 18 heavy (non-hydrogen) atoms. The van der Waals surface area contributed by atoms with E-state index in [-0.39, 0.29) is 5.78 Å². The van der Waals surface area contributed by atoms with Crippen LogP contribution >= 0.6 is 0 Å². The number of carbonyl (C=O) groups is 1.